The molecule has 0 unspecified atom stereocenters. The third kappa shape index (κ3) is 5.63. The van der Waals surface area contributed by atoms with E-state index in [-0.39, 0.29) is 17.8 Å². The molecule has 1 fully saturated rings. The first-order valence-electron chi connectivity index (χ1n) is 7.06. The SMILES string of the molecule is CCOC(=O)/C=C/CSc1ccc(NC(=O)C2CC2)cc1. The molecule has 0 heterocycles. The molecule has 1 saturated carbocycles. The molecule has 0 saturated heterocycles. The van der Waals surface area contributed by atoms with E-state index >= 15 is 0 Å². The summed E-state index contributed by atoms with van der Waals surface area (Å²) in [5.74, 6) is 0.725. The van der Waals surface area contributed by atoms with Gasteiger partial charge in [0.25, 0.3) is 0 Å². The summed E-state index contributed by atoms with van der Waals surface area (Å²) >= 11 is 1.62. The van der Waals surface area contributed by atoms with Gasteiger partial charge < -0.3 is 10.1 Å². The molecule has 4 nitrogen and oxygen atoms in total. The van der Waals surface area contributed by atoms with Crippen LogP contribution in [0.15, 0.2) is 41.3 Å². The van der Waals surface area contributed by atoms with E-state index in [2.05, 4.69) is 5.32 Å². The normalized spacial score (nSPS) is 14.1. The number of thioether (sulfide) groups is 1. The van der Waals surface area contributed by atoms with Crippen LogP contribution < -0.4 is 5.32 Å². The van der Waals surface area contributed by atoms with Gasteiger partial charge in [-0.1, -0.05) is 6.08 Å². The number of anilines is 1. The Morgan fingerprint density at radius 2 is 2.05 bits per heavy atom. The minimum Gasteiger partial charge on any atom is -0.463 e. The first-order chi connectivity index (χ1) is 10.2. The second-order valence-electron chi connectivity index (χ2n) is 4.75. The summed E-state index contributed by atoms with van der Waals surface area (Å²) in [7, 11) is 0. The van der Waals surface area contributed by atoms with Crippen molar-refractivity contribution >= 4 is 29.3 Å². The number of carbonyl (C=O) groups is 2. The lowest BCUT2D eigenvalue weighted by atomic mass is 10.3. The number of ether oxygens (including phenoxy) is 1. The van der Waals surface area contributed by atoms with Gasteiger partial charge in [-0.25, -0.2) is 4.79 Å². The van der Waals surface area contributed by atoms with Crippen LogP contribution in [0, 0.1) is 5.92 Å². The lowest BCUT2D eigenvalue weighted by molar-refractivity contribution is -0.137. The van der Waals surface area contributed by atoms with Gasteiger partial charge in [0.2, 0.25) is 5.91 Å². The van der Waals surface area contributed by atoms with Crippen molar-refractivity contribution < 1.29 is 14.3 Å². The number of esters is 1. The maximum Gasteiger partial charge on any atom is 0.330 e. The van der Waals surface area contributed by atoms with Crippen LogP contribution >= 0.6 is 11.8 Å². The summed E-state index contributed by atoms with van der Waals surface area (Å²) in [6, 6.07) is 7.73. The fourth-order valence-electron chi connectivity index (χ4n) is 1.70. The Kier molecular flexibility index (Phi) is 5.87. The number of benzene rings is 1. The average Bonchev–Trinajstić information content (AvgIpc) is 3.30. The van der Waals surface area contributed by atoms with Crippen LogP contribution in [-0.4, -0.2) is 24.2 Å². The van der Waals surface area contributed by atoms with Gasteiger partial charge in [-0.15, -0.1) is 11.8 Å². The highest BCUT2D eigenvalue weighted by molar-refractivity contribution is 7.99. The van der Waals surface area contributed by atoms with Crippen LogP contribution in [-0.2, 0) is 14.3 Å². The van der Waals surface area contributed by atoms with E-state index < -0.39 is 0 Å². The van der Waals surface area contributed by atoms with Gasteiger partial charge >= 0.3 is 5.97 Å². The number of hydrogen-bond donors (Lipinski definition) is 1. The van der Waals surface area contributed by atoms with Crippen molar-refractivity contribution in [1.82, 2.24) is 0 Å². The molecule has 5 heteroatoms. The summed E-state index contributed by atoms with van der Waals surface area (Å²) in [6.45, 7) is 2.18. The minimum atomic E-state index is -0.309. The highest BCUT2D eigenvalue weighted by Gasteiger charge is 2.29. The number of hydrogen-bond acceptors (Lipinski definition) is 4. The maximum absolute atomic E-state index is 11.6. The lowest BCUT2D eigenvalue weighted by Gasteiger charge is -2.05. The van der Waals surface area contributed by atoms with Gasteiger partial charge in [0.15, 0.2) is 0 Å². The molecule has 1 aromatic rings. The van der Waals surface area contributed by atoms with Crippen LogP contribution in [0.4, 0.5) is 5.69 Å². The molecule has 2 rings (SSSR count). The average molecular weight is 305 g/mol. The van der Waals surface area contributed by atoms with Crippen LogP contribution in [0.1, 0.15) is 19.8 Å². The molecular formula is C16H19NO3S. The fourth-order valence-corrected chi connectivity index (χ4v) is 2.42. The Bertz CT molecular complexity index is 521. The smallest absolute Gasteiger partial charge is 0.330 e. The maximum atomic E-state index is 11.6. The van der Waals surface area contributed by atoms with Crippen molar-refractivity contribution in [3.05, 3.63) is 36.4 Å². The quantitative estimate of drug-likeness (QED) is 0.477. The molecule has 0 atom stereocenters. The molecule has 0 bridgehead atoms. The summed E-state index contributed by atoms with van der Waals surface area (Å²) < 4.78 is 4.80. The minimum absolute atomic E-state index is 0.118. The Morgan fingerprint density at radius 3 is 2.67 bits per heavy atom. The molecule has 1 aliphatic carbocycles. The second-order valence-corrected chi connectivity index (χ2v) is 5.85. The lowest BCUT2D eigenvalue weighted by Crippen LogP contribution is -2.12. The largest absolute Gasteiger partial charge is 0.463 e. The van der Waals surface area contributed by atoms with Crippen LogP contribution in [0.3, 0.4) is 0 Å². The molecule has 1 aliphatic rings. The van der Waals surface area contributed by atoms with Crippen molar-refractivity contribution in [2.75, 3.05) is 17.7 Å². The molecule has 1 aromatic carbocycles. The Balaban J connectivity index is 1.74. The topological polar surface area (TPSA) is 55.4 Å². The molecular weight excluding hydrogens is 286 g/mol. The molecule has 21 heavy (non-hydrogen) atoms. The van der Waals surface area contributed by atoms with Gasteiger partial charge in [0.1, 0.15) is 0 Å². The monoisotopic (exact) mass is 305 g/mol. The van der Waals surface area contributed by atoms with E-state index in [1.807, 2.05) is 24.3 Å². The first-order valence-corrected chi connectivity index (χ1v) is 8.04. The molecule has 1 amide bonds. The standard InChI is InChI=1S/C16H19NO3S/c1-2-20-15(18)4-3-11-21-14-9-7-13(8-10-14)17-16(19)12-5-6-12/h3-4,7-10,12H,2,5-6,11H2,1H3,(H,17,19)/b4-3+. The third-order valence-corrected chi connectivity index (χ3v) is 3.92. The van der Waals surface area contributed by atoms with Gasteiger partial charge in [-0.3, -0.25) is 4.79 Å². The summed E-state index contributed by atoms with van der Waals surface area (Å²) in [5, 5.41) is 2.90. The van der Waals surface area contributed by atoms with Gasteiger partial charge in [0, 0.05) is 28.3 Å². The molecule has 112 valence electrons. The van der Waals surface area contributed by atoms with E-state index in [0.29, 0.717) is 12.4 Å². The van der Waals surface area contributed by atoms with Gasteiger partial charge in [-0.05, 0) is 44.0 Å². The molecule has 0 aromatic heterocycles. The van der Waals surface area contributed by atoms with E-state index in [1.54, 1.807) is 24.8 Å². The van der Waals surface area contributed by atoms with Gasteiger partial charge in [-0.2, -0.15) is 0 Å². The molecule has 0 radical (unpaired) electrons. The summed E-state index contributed by atoms with van der Waals surface area (Å²) in [6.07, 6.45) is 5.24. The zero-order valence-corrected chi connectivity index (χ0v) is 12.8. The summed E-state index contributed by atoms with van der Waals surface area (Å²) in [4.78, 5) is 23.8. The zero-order chi connectivity index (χ0) is 15.1. The Morgan fingerprint density at radius 1 is 1.33 bits per heavy atom. The third-order valence-electron chi connectivity index (χ3n) is 2.96. The number of amides is 1. The molecule has 0 spiro atoms. The van der Waals surface area contributed by atoms with Crippen molar-refractivity contribution in [2.24, 2.45) is 5.92 Å². The van der Waals surface area contributed by atoms with Crippen molar-refractivity contribution in [1.29, 1.82) is 0 Å². The fraction of sp³-hybridized carbons (Fsp3) is 0.375. The van der Waals surface area contributed by atoms with Crippen molar-refractivity contribution in [2.45, 2.75) is 24.7 Å². The Hall–Kier alpha value is -1.75. The molecule has 0 aliphatic heterocycles. The van der Waals surface area contributed by atoms with E-state index in [1.165, 1.54) is 6.08 Å². The van der Waals surface area contributed by atoms with Gasteiger partial charge in [0.05, 0.1) is 6.61 Å². The zero-order valence-electron chi connectivity index (χ0n) is 12.0. The van der Waals surface area contributed by atoms with Crippen molar-refractivity contribution in [3.8, 4) is 0 Å². The first kappa shape index (κ1) is 15.6. The Labute approximate surface area is 128 Å². The summed E-state index contributed by atoms with van der Waals surface area (Å²) in [5.41, 5.74) is 0.832. The van der Waals surface area contributed by atoms with Crippen LogP contribution in [0.2, 0.25) is 0 Å². The predicted octanol–water partition coefficient (Wildman–Crippen LogP) is 3.25. The van der Waals surface area contributed by atoms with Crippen LogP contribution in [0.25, 0.3) is 0 Å². The second kappa shape index (κ2) is 7.88. The molecule has 1 N–H and O–H groups in total. The van der Waals surface area contributed by atoms with E-state index in [4.69, 9.17) is 4.74 Å². The van der Waals surface area contributed by atoms with Crippen LogP contribution in [0.5, 0.6) is 0 Å². The van der Waals surface area contributed by atoms with Crippen molar-refractivity contribution in [3.63, 3.8) is 0 Å². The number of nitrogens with one attached hydrogen (secondary N) is 1. The van der Waals surface area contributed by atoms with E-state index in [0.717, 1.165) is 23.4 Å². The van der Waals surface area contributed by atoms with E-state index in [9.17, 15) is 9.59 Å². The highest BCUT2D eigenvalue weighted by atomic mass is 32.2. The number of rotatable bonds is 7. The highest BCUT2D eigenvalue weighted by Crippen LogP contribution is 2.30. The predicted molar refractivity (Wildman–Crippen MR) is 84.3 cm³/mol. The number of carbonyl (C=O) groups excluding carboxylic acids is 2.